The van der Waals surface area contributed by atoms with Gasteiger partial charge in [0.2, 0.25) is 5.91 Å². The highest BCUT2D eigenvalue weighted by Gasteiger charge is 2.27. The Kier molecular flexibility index (Phi) is 5.70. The number of ether oxygens (including phenoxy) is 2. The fraction of sp³-hybridized carbons (Fsp3) is 0.500. The van der Waals surface area contributed by atoms with Crippen molar-refractivity contribution in [3.8, 4) is 5.75 Å². The molecular weight excluding hydrogens is 346 g/mol. The third kappa shape index (κ3) is 3.93. The van der Waals surface area contributed by atoms with Gasteiger partial charge in [0.25, 0.3) is 0 Å². The average Bonchev–Trinajstić information content (AvgIpc) is 3.04. The van der Waals surface area contributed by atoms with Gasteiger partial charge in [-0.1, -0.05) is 6.92 Å². The third-order valence-corrected chi connectivity index (χ3v) is 5.39. The molecule has 2 N–H and O–H groups in total. The van der Waals surface area contributed by atoms with Crippen LogP contribution in [-0.2, 0) is 9.53 Å². The van der Waals surface area contributed by atoms with E-state index in [2.05, 4.69) is 22.1 Å². The molecule has 1 amide bonds. The summed E-state index contributed by atoms with van der Waals surface area (Å²) in [7, 11) is 2.90. The van der Waals surface area contributed by atoms with Gasteiger partial charge in [0.15, 0.2) is 0 Å². The number of H-pyrrole nitrogens is 1. The molecule has 3 rings (SSSR count). The van der Waals surface area contributed by atoms with Crippen LogP contribution in [0.1, 0.15) is 37.2 Å². The number of benzene rings is 1. The molecule has 1 atom stereocenters. The van der Waals surface area contributed by atoms with E-state index in [4.69, 9.17) is 9.47 Å². The summed E-state index contributed by atoms with van der Waals surface area (Å²) < 4.78 is 10.1. The zero-order valence-corrected chi connectivity index (χ0v) is 16.3. The maximum Gasteiger partial charge on any atom is 0.356 e. The van der Waals surface area contributed by atoms with E-state index in [0.29, 0.717) is 22.9 Å². The number of aromatic amines is 1. The second kappa shape index (κ2) is 8.00. The molecule has 0 saturated carbocycles. The summed E-state index contributed by atoms with van der Waals surface area (Å²) in [6.07, 6.45) is 2.19. The van der Waals surface area contributed by atoms with Crippen molar-refractivity contribution >= 4 is 28.5 Å². The number of esters is 1. The molecule has 1 aromatic carbocycles. The van der Waals surface area contributed by atoms with Gasteiger partial charge in [0.05, 0.1) is 31.5 Å². The molecule has 1 saturated heterocycles. The molecule has 0 bridgehead atoms. The first-order chi connectivity index (χ1) is 12.9. The molecule has 7 heteroatoms. The van der Waals surface area contributed by atoms with Crippen LogP contribution in [0.5, 0.6) is 5.75 Å². The highest BCUT2D eigenvalue weighted by atomic mass is 16.5. The van der Waals surface area contributed by atoms with E-state index in [1.807, 2.05) is 13.0 Å². The van der Waals surface area contributed by atoms with Gasteiger partial charge < -0.3 is 19.8 Å². The van der Waals surface area contributed by atoms with Crippen LogP contribution in [-0.4, -0.2) is 55.1 Å². The van der Waals surface area contributed by atoms with Crippen molar-refractivity contribution in [1.29, 1.82) is 0 Å². The number of methoxy groups -OCH3 is 2. The summed E-state index contributed by atoms with van der Waals surface area (Å²) in [4.78, 5) is 30.3. The number of carbonyl (C=O) groups is 2. The van der Waals surface area contributed by atoms with Gasteiger partial charge in [-0.15, -0.1) is 0 Å². The molecule has 1 fully saturated rings. The highest BCUT2D eigenvalue weighted by Crippen LogP contribution is 2.31. The first-order valence-corrected chi connectivity index (χ1v) is 9.27. The number of hydrogen-bond donors (Lipinski definition) is 2. The van der Waals surface area contributed by atoms with Gasteiger partial charge in [0.1, 0.15) is 11.4 Å². The summed E-state index contributed by atoms with van der Waals surface area (Å²) >= 11 is 0. The Morgan fingerprint density at radius 3 is 2.59 bits per heavy atom. The van der Waals surface area contributed by atoms with Gasteiger partial charge in [-0.05, 0) is 50.9 Å². The Bertz CT molecular complexity index is 837. The second-order valence-electron chi connectivity index (χ2n) is 7.16. The van der Waals surface area contributed by atoms with Crippen molar-refractivity contribution in [3.05, 3.63) is 23.9 Å². The molecule has 7 nitrogen and oxygen atoms in total. The van der Waals surface area contributed by atoms with Crippen LogP contribution in [0.15, 0.2) is 18.2 Å². The molecule has 2 aromatic rings. The minimum Gasteiger partial charge on any atom is -0.497 e. The molecule has 0 radical (unpaired) electrons. The molecule has 1 aliphatic heterocycles. The van der Waals surface area contributed by atoms with Gasteiger partial charge in [-0.3, -0.25) is 9.69 Å². The van der Waals surface area contributed by atoms with Crippen LogP contribution in [0.3, 0.4) is 0 Å². The SMILES string of the molecule is COC(=O)c1[nH]c2cc(OC)ccc2c1NC(=O)[C@H](C)N1CCC(C)CC1. The van der Waals surface area contributed by atoms with E-state index in [0.717, 1.165) is 31.3 Å². The van der Waals surface area contributed by atoms with Crippen LogP contribution in [0.4, 0.5) is 5.69 Å². The van der Waals surface area contributed by atoms with E-state index < -0.39 is 5.97 Å². The number of amides is 1. The van der Waals surface area contributed by atoms with E-state index in [1.54, 1.807) is 19.2 Å². The number of hydrogen-bond acceptors (Lipinski definition) is 5. The fourth-order valence-electron chi connectivity index (χ4n) is 3.50. The maximum atomic E-state index is 12.9. The predicted octanol–water partition coefficient (Wildman–Crippen LogP) is 3.02. The van der Waals surface area contributed by atoms with Crippen LogP contribution in [0.2, 0.25) is 0 Å². The molecule has 1 aliphatic rings. The molecule has 0 unspecified atom stereocenters. The first-order valence-electron chi connectivity index (χ1n) is 9.27. The Morgan fingerprint density at radius 1 is 1.26 bits per heavy atom. The fourth-order valence-corrected chi connectivity index (χ4v) is 3.50. The quantitative estimate of drug-likeness (QED) is 0.787. The zero-order valence-electron chi connectivity index (χ0n) is 16.3. The number of aromatic nitrogens is 1. The van der Waals surface area contributed by atoms with Gasteiger partial charge in [-0.2, -0.15) is 0 Å². The third-order valence-electron chi connectivity index (χ3n) is 5.39. The lowest BCUT2D eigenvalue weighted by Crippen LogP contribution is -2.45. The van der Waals surface area contributed by atoms with Crippen molar-refractivity contribution in [3.63, 3.8) is 0 Å². The molecule has 146 valence electrons. The normalized spacial score (nSPS) is 16.9. The topological polar surface area (TPSA) is 83.7 Å². The second-order valence-corrected chi connectivity index (χ2v) is 7.16. The molecule has 27 heavy (non-hydrogen) atoms. The van der Waals surface area contributed by atoms with Crippen LogP contribution < -0.4 is 10.1 Å². The lowest BCUT2D eigenvalue weighted by molar-refractivity contribution is -0.121. The largest absolute Gasteiger partial charge is 0.497 e. The number of rotatable bonds is 5. The summed E-state index contributed by atoms with van der Waals surface area (Å²) in [5.41, 5.74) is 1.37. The number of carbonyl (C=O) groups excluding carboxylic acids is 2. The van der Waals surface area contributed by atoms with E-state index in [1.165, 1.54) is 7.11 Å². The van der Waals surface area contributed by atoms with Crippen molar-refractivity contribution in [2.75, 3.05) is 32.6 Å². The summed E-state index contributed by atoms with van der Waals surface area (Å²) in [6.45, 7) is 5.96. The van der Waals surface area contributed by atoms with Crippen LogP contribution >= 0.6 is 0 Å². The van der Waals surface area contributed by atoms with Crippen molar-refractivity contribution in [1.82, 2.24) is 9.88 Å². The smallest absolute Gasteiger partial charge is 0.356 e. The van der Waals surface area contributed by atoms with Crippen molar-refractivity contribution in [2.24, 2.45) is 5.92 Å². The Morgan fingerprint density at radius 2 is 1.96 bits per heavy atom. The number of anilines is 1. The Labute approximate surface area is 159 Å². The monoisotopic (exact) mass is 373 g/mol. The number of nitrogens with one attached hydrogen (secondary N) is 2. The number of fused-ring (bicyclic) bond motifs is 1. The number of piperidine rings is 1. The molecule has 2 heterocycles. The van der Waals surface area contributed by atoms with E-state index in [9.17, 15) is 9.59 Å². The first kappa shape index (κ1) is 19.2. The van der Waals surface area contributed by atoms with Gasteiger partial charge in [-0.25, -0.2) is 4.79 Å². The van der Waals surface area contributed by atoms with Crippen molar-refractivity contribution < 1.29 is 19.1 Å². The standard InChI is InChI=1S/C20H27N3O4/c1-12-7-9-23(10-8-12)13(2)19(24)22-17-15-6-5-14(26-3)11-16(15)21-18(17)20(25)27-4/h5-6,11-13,21H,7-10H2,1-4H3,(H,22,24)/t13-/m0/s1. The van der Waals surface area contributed by atoms with Crippen LogP contribution in [0, 0.1) is 5.92 Å². The summed E-state index contributed by atoms with van der Waals surface area (Å²) in [6, 6.07) is 5.13. The average molecular weight is 373 g/mol. The zero-order chi connectivity index (χ0) is 19.6. The highest BCUT2D eigenvalue weighted by molar-refractivity contribution is 6.11. The number of nitrogens with zero attached hydrogens (tertiary/aromatic N) is 1. The molecule has 1 aromatic heterocycles. The van der Waals surface area contributed by atoms with E-state index >= 15 is 0 Å². The summed E-state index contributed by atoms with van der Waals surface area (Å²) in [5.74, 6) is 0.700. The molecular formula is C20H27N3O4. The lowest BCUT2D eigenvalue weighted by atomic mass is 9.98. The van der Waals surface area contributed by atoms with Gasteiger partial charge in [0, 0.05) is 11.5 Å². The van der Waals surface area contributed by atoms with E-state index in [-0.39, 0.29) is 17.6 Å². The Hall–Kier alpha value is -2.54. The molecule has 0 spiro atoms. The van der Waals surface area contributed by atoms with Crippen LogP contribution in [0.25, 0.3) is 10.9 Å². The molecule has 0 aliphatic carbocycles. The summed E-state index contributed by atoms with van der Waals surface area (Å²) in [5, 5.41) is 3.68. The van der Waals surface area contributed by atoms with Crippen molar-refractivity contribution in [2.45, 2.75) is 32.7 Å². The Balaban J connectivity index is 1.88. The minimum atomic E-state index is -0.528. The predicted molar refractivity (Wildman–Crippen MR) is 104 cm³/mol. The lowest BCUT2D eigenvalue weighted by Gasteiger charge is -2.34. The minimum absolute atomic E-state index is 0.133. The van der Waals surface area contributed by atoms with Gasteiger partial charge >= 0.3 is 5.97 Å². The maximum absolute atomic E-state index is 12.9. The number of likely N-dealkylation sites (tertiary alicyclic amines) is 1.